The number of likely N-dealkylation sites (tertiary alicyclic amines) is 1. The molecule has 0 spiro atoms. The highest BCUT2D eigenvalue weighted by molar-refractivity contribution is 8.00. The van der Waals surface area contributed by atoms with Gasteiger partial charge in [-0.25, -0.2) is 4.98 Å². The number of carbonyl (C=O) groups excluding carboxylic acids is 1. The number of para-hydroxylation sites is 2. The minimum Gasteiger partial charge on any atom is -0.339 e. The zero-order valence-corrected chi connectivity index (χ0v) is 15.7. The molecule has 0 radical (unpaired) electrons. The van der Waals surface area contributed by atoms with Gasteiger partial charge in [-0.3, -0.25) is 4.79 Å². The van der Waals surface area contributed by atoms with E-state index in [0.29, 0.717) is 6.04 Å². The first-order chi connectivity index (χ1) is 11.7. The fourth-order valence-corrected chi connectivity index (χ4v) is 4.66. The molecule has 130 valence electrons. The number of hydrogen-bond donors (Lipinski definition) is 0. The molecule has 2 heterocycles. The summed E-state index contributed by atoms with van der Waals surface area (Å²) in [4.78, 5) is 19.8. The SMILES string of the molecule is CCC1CCCCN1C(=O)C(C)Sc1nc2ccccc2n1CC. The third-order valence-corrected chi connectivity index (χ3v) is 6.02. The summed E-state index contributed by atoms with van der Waals surface area (Å²) in [6.07, 6.45) is 4.58. The van der Waals surface area contributed by atoms with Gasteiger partial charge in [-0.05, 0) is 51.7 Å². The van der Waals surface area contributed by atoms with Crippen LogP contribution in [0.5, 0.6) is 0 Å². The first-order valence-electron chi connectivity index (χ1n) is 9.08. The lowest BCUT2D eigenvalue weighted by Crippen LogP contribution is -2.46. The van der Waals surface area contributed by atoms with Crippen molar-refractivity contribution in [3.63, 3.8) is 0 Å². The maximum atomic E-state index is 13.0. The molecule has 1 fully saturated rings. The van der Waals surface area contributed by atoms with Gasteiger partial charge in [0.05, 0.1) is 16.3 Å². The van der Waals surface area contributed by atoms with Gasteiger partial charge in [-0.15, -0.1) is 0 Å². The van der Waals surface area contributed by atoms with Gasteiger partial charge in [-0.1, -0.05) is 30.8 Å². The van der Waals surface area contributed by atoms with Crippen molar-refractivity contribution in [1.29, 1.82) is 0 Å². The summed E-state index contributed by atoms with van der Waals surface area (Å²) in [5, 5.41) is 0.851. The van der Waals surface area contributed by atoms with Gasteiger partial charge in [0, 0.05) is 19.1 Å². The highest BCUT2D eigenvalue weighted by Gasteiger charge is 2.29. The summed E-state index contributed by atoms with van der Waals surface area (Å²) >= 11 is 1.60. The second kappa shape index (κ2) is 7.60. The number of aromatic nitrogens is 2. The molecule has 1 aliphatic heterocycles. The molecule has 1 saturated heterocycles. The van der Waals surface area contributed by atoms with Crippen LogP contribution in [0.25, 0.3) is 11.0 Å². The summed E-state index contributed by atoms with van der Waals surface area (Å²) in [5.41, 5.74) is 2.15. The van der Waals surface area contributed by atoms with E-state index < -0.39 is 0 Å². The molecule has 2 unspecified atom stereocenters. The van der Waals surface area contributed by atoms with E-state index in [1.54, 1.807) is 11.8 Å². The molecule has 1 aliphatic rings. The molecule has 1 aromatic carbocycles. The lowest BCUT2D eigenvalue weighted by Gasteiger charge is -2.36. The molecule has 3 rings (SSSR count). The lowest BCUT2D eigenvalue weighted by atomic mass is 10.00. The monoisotopic (exact) mass is 345 g/mol. The van der Waals surface area contributed by atoms with Crippen LogP contribution in [0, 0.1) is 0 Å². The van der Waals surface area contributed by atoms with Gasteiger partial charge in [0.1, 0.15) is 0 Å². The number of amides is 1. The fraction of sp³-hybridized carbons (Fsp3) is 0.579. The second-order valence-electron chi connectivity index (χ2n) is 6.48. The van der Waals surface area contributed by atoms with Crippen molar-refractivity contribution in [3.8, 4) is 0 Å². The van der Waals surface area contributed by atoms with Crippen LogP contribution in [0.4, 0.5) is 0 Å². The summed E-state index contributed by atoms with van der Waals surface area (Å²) in [7, 11) is 0. The van der Waals surface area contributed by atoms with Gasteiger partial charge >= 0.3 is 0 Å². The van der Waals surface area contributed by atoms with Crippen LogP contribution < -0.4 is 0 Å². The average Bonchev–Trinajstić information content (AvgIpc) is 2.97. The third-order valence-electron chi connectivity index (χ3n) is 4.95. The van der Waals surface area contributed by atoms with Crippen LogP contribution in [0.1, 0.15) is 46.5 Å². The molecule has 0 saturated carbocycles. The van der Waals surface area contributed by atoms with Gasteiger partial charge in [0.15, 0.2) is 5.16 Å². The zero-order valence-electron chi connectivity index (χ0n) is 14.9. The quantitative estimate of drug-likeness (QED) is 0.757. The van der Waals surface area contributed by atoms with Crippen LogP contribution >= 0.6 is 11.8 Å². The molecular weight excluding hydrogens is 318 g/mol. The van der Waals surface area contributed by atoms with Crippen LogP contribution in [-0.2, 0) is 11.3 Å². The Morgan fingerprint density at radius 3 is 2.88 bits per heavy atom. The topological polar surface area (TPSA) is 38.1 Å². The Morgan fingerprint density at radius 2 is 2.12 bits per heavy atom. The van der Waals surface area contributed by atoms with Crippen molar-refractivity contribution >= 4 is 28.7 Å². The minimum absolute atomic E-state index is 0.0979. The predicted octanol–water partition coefficient (Wildman–Crippen LogP) is 4.33. The van der Waals surface area contributed by atoms with Crippen LogP contribution in [0.15, 0.2) is 29.4 Å². The first kappa shape index (κ1) is 17.3. The molecule has 4 nitrogen and oxygen atoms in total. The van der Waals surface area contributed by atoms with Gasteiger partial charge in [0.25, 0.3) is 0 Å². The number of thioether (sulfide) groups is 1. The molecule has 1 aromatic heterocycles. The molecule has 0 aliphatic carbocycles. The Morgan fingerprint density at radius 1 is 1.33 bits per heavy atom. The minimum atomic E-state index is -0.0979. The number of piperidine rings is 1. The van der Waals surface area contributed by atoms with Crippen LogP contribution in [-0.4, -0.2) is 38.2 Å². The van der Waals surface area contributed by atoms with Crippen molar-refractivity contribution in [2.24, 2.45) is 0 Å². The number of carbonyl (C=O) groups is 1. The van der Waals surface area contributed by atoms with E-state index in [1.807, 2.05) is 25.1 Å². The van der Waals surface area contributed by atoms with Crippen molar-refractivity contribution in [1.82, 2.24) is 14.5 Å². The maximum Gasteiger partial charge on any atom is 0.236 e. The Kier molecular flexibility index (Phi) is 5.49. The van der Waals surface area contributed by atoms with E-state index in [-0.39, 0.29) is 11.2 Å². The number of nitrogens with zero attached hydrogens (tertiary/aromatic N) is 3. The molecule has 1 amide bonds. The highest BCUT2D eigenvalue weighted by atomic mass is 32.2. The van der Waals surface area contributed by atoms with E-state index in [4.69, 9.17) is 4.98 Å². The van der Waals surface area contributed by atoms with Crippen molar-refractivity contribution in [2.45, 2.75) is 69.4 Å². The Bertz CT molecular complexity index is 712. The molecule has 0 bridgehead atoms. The highest BCUT2D eigenvalue weighted by Crippen LogP contribution is 2.30. The maximum absolute atomic E-state index is 13.0. The van der Waals surface area contributed by atoms with Gasteiger partial charge in [0.2, 0.25) is 5.91 Å². The number of aryl methyl sites for hydroxylation is 1. The molecule has 2 atom stereocenters. The smallest absolute Gasteiger partial charge is 0.236 e. The largest absolute Gasteiger partial charge is 0.339 e. The van der Waals surface area contributed by atoms with E-state index in [9.17, 15) is 4.79 Å². The van der Waals surface area contributed by atoms with Crippen molar-refractivity contribution in [2.75, 3.05) is 6.54 Å². The number of fused-ring (bicyclic) bond motifs is 1. The van der Waals surface area contributed by atoms with Crippen LogP contribution in [0.3, 0.4) is 0 Å². The number of benzene rings is 1. The molecule has 5 heteroatoms. The number of imidazole rings is 1. The van der Waals surface area contributed by atoms with Crippen LogP contribution in [0.2, 0.25) is 0 Å². The predicted molar refractivity (Wildman–Crippen MR) is 100 cm³/mol. The third kappa shape index (κ3) is 3.32. The number of rotatable bonds is 5. The Hall–Kier alpha value is -1.49. The van der Waals surface area contributed by atoms with E-state index in [1.165, 1.54) is 6.42 Å². The second-order valence-corrected chi connectivity index (χ2v) is 7.78. The molecule has 2 aromatic rings. The van der Waals surface area contributed by atoms with Gasteiger partial charge < -0.3 is 9.47 Å². The van der Waals surface area contributed by atoms with Crippen molar-refractivity contribution < 1.29 is 4.79 Å². The number of hydrogen-bond acceptors (Lipinski definition) is 3. The average molecular weight is 346 g/mol. The summed E-state index contributed by atoms with van der Waals surface area (Å²) < 4.78 is 2.21. The standard InChI is InChI=1S/C19H27N3OS/c1-4-15-10-8-9-13-22(15)18(23)14(3)24-19-20-16-11-6-7-12-17(16)21(19)5-2/h6-7,11-12,14-15H,4-5,8-10,13H2,1-3H3. The molecule has 0 N–H and O–H groups in total. The lowest BCUT2D eigenvalue weighted by molar-refractivity contribution is -0.134. The summed E-state index contributed by atoms with van der Waals surface area (Å²) in [6.45, 7) is 8.11. The molecular formula is C19H27N3OS. The van der Waals surface area contributed by atoms with E-state index in [0.717, 1.165) is 48.5 Å². The van der Waals surface area contributed by atoms with E-state index >= 15 is 0 Å². The van der Waals surface area contributed by atoms with Crippen molar-refractivity contribution in [3.05, 3.63) is 24.3 Å². The first-order valence-corrected chi connectivity index (χ1v) is 9.96. The molecule has 24 heavy (non-hydrogen) atoms. The Labute approximate surface area is 148 Å². The fourth-order valence-electron chi connectivity index (χ4n) is 3.61. The summed E-state index contributed by atoms with van der Waals surface area (Å²) in [6, 6.07) is 8.60. The Balaban J connectivity index is 1.79. The summed E-state index contributed by atoms with van der Waals surface area (Å²) in [5.74, 6) is 0.265. The normalized spacial score (nSPS) is 19.6. The van der Waals surface area contributed by atoms with Gasteiger partial charge in [-0.2, -0.15) is 0 Å². The van der Waals surface area contributed by atoms with E-state index in [2.05, 4.69) is 29.4 Å². The zero-order chi connectivity index (χ0) is 17.1.